The zero-order chi connectivity index (χ0) is 15.7. The van der Waals surface area contributed by atoms with Crippen LogP contribution in [-0.4, -0.2) is 19.9 Å². The molecular weight excluding hydrogens is 300 g/mol. The molecule has 0 unspecified atom stereocenters. The summed E-state index contributed by atoms with van der Waals surface area (Å²) in [6.45, 7) is 0. The average Bonchev–Trinajstić information content (AvgIpc) is 2.83. The molecule has 6 heteroatoms. The van der Waals surface area contributed by atoms with Crippen LogP contribution in [0.2, 0.25) is 0 Å². The van der Waals surface area contributed by atoms with Crippen LogP contribution in [0.15, 0.2) is 52.8 Å². The summed E-state index contributed by atoms with van der Waals surface area (Å²) in [5, 5.41) is 30.4. The third-order valence-corrected chi connectivity index (χ3v) is 4.17. The van der Waals surface area contributed by atoms with Gasteiger partial charge in [0.15, 0.2) is 16.3 Å². The smallest absolute Gasteiger partial charge is 0.190 e. The second-order valence-electron chi connectivity index (χ2n) is 4.80. The first-order valence-electron chi connectivity index (χ1n) is 6.55. The van der Waals surface area contributed by atoms with Crippen molar-refractivity contribution in [2.75, 3.05) is 0 Å². The Morgan fingerprint density at radius 1 is 1.00 bits per heavy atom. The summed E-state index contributed by atoms with van der Waals surface area (Å²) in [6, 6.07) is 11.4. The van der Waals surface area contributed by atoms with Gasteiger partial charge in [-0.1, -0.05) is 6.07 Å². The van der Waals surface area contributed by atoms with Gasteiger partial charge in [-0.2, -0.15) is 0 Å². The van der Waals surface area contributed by atoms with Crippen LogP contribution in [0.5, 0.6) is 17.2 Å². The van der Waals surface area contributed by atoms with E-state index in [0.29, 0.717) is 5.69 Å². The molecule has 0 atom stereocenters. The van der Waals surface area contributed by atoms with Gasteiger partial charge in [-0.3, -0.25) is 0 Å². The minimum atomic E-state index is -0.157. The Hall–Kier alpha value is -2.73. The second-order valence-corrected chi connectivity index (χ2v) is 5.63. The first kappa shape index (κ1) is 14.2. The molecule has 0 radical (unpaired) electrons. The van der Waals surface area contributed by atoms with E-state index < -0.39 is 0 Å². The quantitative estimate of drug-likeness (QED) is 0.636. The number of phenols is 3. The lowest BCUT2D eigenvalue weighted by atomic mass is 10.1. The van der Waals surface area contributed by atoms with Gasteiger partial charge in [0.2, 0.25) is 0 Å². The number of thiazole rings is 1. The van der Waals surface area contributed by atoms with Gasteiger partial charge in [-0.05, 0) is 30.3 Å². The highest BCUT2D eigenvalue weighted by atomic mass is 32.1. The maximum Gasteiger partial charge on any atom is 0.190 e. The lowest BCUT2D eigenvalue weighted by Crippen LogP contribution is -2.10. The van der Waals surface area contributed by atoms with Crippen LogP contribution < -0.4 is 4.80 Å². The van der Waals surface area contributed by atoms with Gasteiger partial charge in [-0.15, -0.1) is 11.3 Å². The van der Waals surface area contributed by atoms with E-state index in [4.69, 9.17) is 0 Å². The van der Waals surface area contributed by atoms with E-state index in [2.05, 4.69) is 4.99 Å². The Bertz CT molecular complexity index is 896. The van der Waals surface area contributed by atoms with Gasteiger partial charge < -0.3 is 19.9 Å². The highest BCUT2D eigenvalue weighted by Crippen LogP contribution is 2.30. The molecule has 0 amide bonds. The van der Waals surface area contributed by atoms with Gasteiger partial charge in [0.05, 0.1) is 11.4 Å². The fraction of sp³-hybridized carbons (Fsp3) is 0.0625. The zero-order valence-corrected chi connectivity index (χ0v) is 12.6. The van der Waals surface area contributed by atoms with Crippen molar-refractivity contribution in [1.29, 1.82) is 0 Å². The predicted octanol–water partition coefficient (Wildman–Crippen LogP) is 3.10. The molecule has 0 fully saturated rings. The van der Waals surface area contributed by atoms with Crippen molar-refractivity contribution in [3.8, 4) is 28.5 Å². The molecule has 2 aromatic carbocycles. The topological polar surface area (TPSA) is 78.0 Å². The minimum Gasteiger partial charge on any atom is -0.508 e. The molecule has 0 bridgehead atoms. The normalized spacial score (nSPS) is 11.8. The Labute approximate surface area is 130 Å². The van der Waals surface area contributed by atoms with E-state index in [1.54, 1.807) is 24.3 Å². The maximum atomic E-state index is 9.62. The zero-order valence-electron chi connectivity index (χ0n) is 11.8. The van der Waals surface area contributed by atoms with E-state index in [-0.39, 0.29) is 17.2 Å². The van der Waals surface area contributed by atoms with Crippen molar-refractivity contribution in [3.63, 3.8) is 0 Å². The summed E-state index contributed by atoms with van der Waals surface area (Å²) in [4.78, 5) is 5.25. The van der Waals surface area contributed by atoms with Gasteiger partial charge in [0.25, 0.3) is 0 Å². The number of nitrogens with zero attached hydrogens (tertiary/aromatic N) is 2. The van der Waals surface area contributed by atoms with E-state index in [0.717, 1.165) is 16.1 Å². The van der Waals surface area contributed by atoms with Crippen LogP contribution in [0.3, 0.4) is 0 Å². The first-order valence-corrected chi connectivity index (χ1v) is 7.43. The van der Waals surface area contributed by atoms with Gasteiger partial charge >= 0.3 is 0 Å². The van der Waals surface area contributed by atoms with E-state index >= 15 is 0 Å². The van der Waals surface area contributed by atoms with Gasteiger partial charge in [0.1, 0.15) is 5.75 Å². The van der Waals surface area contributed by atoms with E-state index in [1.165, 1.54) is 23.5 Å². The SMILES string of the molecule is Cn1c(-c2ccc(O)c(O)c2)csc1=Nc1cccc(O)c1. The number of rotatable bonds is 2. The summed E-state index contributed by atoms with van der Waals surface area (Å²) >= 11 is 1.45. The molecule has 22 heavy (non-hydrogen) atoms. The molecule has 0 saturated carbocycles. The fourth-order valence-electron chi connectivity index (χ4n) is 2.09. The molecule has 0 aliphatic heterocycles. The third kappa shape index (κ3) is 2.68. The van der Waals surface area contributed by atoms with Crippen LogP contribution in [0.25, 0.3) is 11.3 Å². The molecule has 5 nitrogen and oxygen atoms in total. The van der Waals surface area contributed by atoms with Gasteiger partial charge in [-0.25, -0.2) is 4.99 Å². The van der Waals surface area contributed by atoms with Crippen molar-refractivity contribution < 1.29 is 15.3 Å². The molecule has 3 rings (SSSR count). The monoisotopic (exact) mass is 314 g/mol. The molecule has 1 heterocycles. The molecule has 0 spiro atoms. The first-order chi connectivity index (χ1) is 10.5. The van der Waals surface area contributed by atoms with Crippen molar-refractivity contribution in [3.05, 3.63) is 52.6 Å². The van der Waals surface area contributed by atoms with E-state index in [9.17, 15) is 15.3 Å². The lowest BCUT2D eigenvalue weighted by Gasteiger charge is -2.04. The molecule has 112 valence electrons. The molecular formula is C16H14N2O3S. The summed E-state index contributed by atoms with van der Waals surface area (Å²) < 4.78 is 1.89. The van der Waals surface area contributed by atoms with Crippen LogP contribution in [0.4, 0.5) is 5.69 Å². The predicted molar refractivity (Wildman–Crippen MR) is 85.4 cm³/mol. The second kappa shape index (κ2) is 5.57. The summed E-state index contributed by atoms with van der Waals surface area (Å²) in [6.07, 6.45) is 0. The number of hydrogen-bond donors (Lipinski definition) is 3. The molecule has 0 saturated heterocycles. The van der Waals surface area contributed by atoms with Crippen LogP contribution in [-0.2, 0) is 7.05 Å². The van der Waals surface area contributed by atoms with Gasteiger partial charge in [0, 0.05) is 24.1 Å². The average molecular weight is 314 g/mol. The standard InChI is InChI=1S/C16H14N2O3S/c1-18-13(10-5-6-14(20)15(21)7-10)9-22-16(18)17-11-3-2-4-12(19)8-11/h2-9,19-21H,1H3. The van der Waals surface area contributed by atoms with Crippen molar-refractivity contribution >= 4 is 17.0 Å². The number of aromatic nitrogens is 1. The van der Waals surface area contributed by atoms with Crippen LogP contribution in [0.1, 0.15) is 0 Å². The number of benzene rings is 2. The van der Waals surface area contributed by atoms with Crippen molar-refractivity contribution in [1.82, 2.24) is 4.57 Å². The number of hydrogen-bond acceptors (Lipinski definition) is 5. The summed E-state index contributed by atoms with van der Waals surface area (Å²) in [5.74, 6) is -0.134. The number of phenolic OH excluding ortho intramolecular Hbond substituents is 3. The van der Waals surface area contributed by atoms with Crippen molar-refractivity contribution in [2.24, 2.45) is 12.0 Å². The Kier molecular flexibility index (Phi) is 3.60. The lowest BCUT2D eigenvalue weighted by molar-refractivity contribution is 0.404. The Morgan fingerprint density at radius 3 is 2.55 bits per heavy atom. The molecule has 0 aliphatic carbocycles. The Balaban J connectivity index is 2.07. The van der Waals surface area contributed by atoms with Crippen LogP contribution in [0, 0.1) is 0 Å². The highest BCUT2D eigenvalue weighted by Gasteiger charge is 2.08. The highest BCUT2D eigenvalue weighted by molar-refractivity contribution is 7.07. The molecule has 1 aromatic heterocycles. The third-order valence-electron chi connectivity index (χ3n) is 3.25. The minimum absolute atomic E-state index is 0.147. The summed E-state index contributed by atoms with van der Waals surface area (Å²) in [5.41, 5.74) is 2.32. The Morgan fingerprint density at radius 2 is 1.82 bits per heavy atom. The maximum absolute atomic E-state index is 9.62. The van der Waals surface area contributed by atoms with Crippen molar-refractivity contribution in [2.45, 2.75) is 0 Å². The molecule has 3 N–H and O–H groups in total. The largest absolute Gasteiger partial charge is 0.508 e. The molecule has 0 aliphatic rings. The van der Waals surface area contributed by atoms with E-state index in [1.807, 2.05) is 23.1 Å². The number of aromatic hydroxyl groups is 3. The van der Waals surface area contributed by atoms with Crippen LogP contribution >= 0.6 is 11.3 Å². The molecule has 3 aromatic rings. The summed E-state index contributed by atoms with van der Waals surface area (Å²) in [7, 11) is 1.87. The fourth-order valence-corrected chi connectivity index (χ4v) is 3.01.